The molecule has 0 aliphatic heterocycles. The van der Waals surface area contributed by atoms with Crippen LogP contribution in [0.5, 0.6) is 0 Å². The first-order valence-corrected chi connectivity index (χ1v) is 9.54. The minimum absolute atomic E-state index is 0.454. The molecule has 0 unspecified atom stereocenters. The molecular weight excluding hydrogens is 338 g/mol. The summed E-state index contributed by atoms with van der Waals surface area (Å²) in [5.74, 6) is 0.494. The van der Waals surface area contributed by atoms with E-state index < -0.39 is 10.0 Å². The molecule has 0 radical (unpaired) electrons. The van der Waals surface area contributed by atoms with E-state index in [1.807, 2.05) is 12.1 Å². The minimum atomic E-state index is -3.33. The Bertz CT molecular complexity index is 608. The number of benzene rings is 1. The molecule has 2 aliphatic rings. The van der Waals surface area contributed by atoms with Crippen LogP contribution in [0.4, 0.5) is 0 Å². The molecule has 5 heteroatoms. The third-order valence-electron chi connectivity index (χ3n) is 4.47. The molecule has 3 nitrogen and oxygen atoms in total. The number of rotatable bonds is 4. The van der Waals surface area contributed by atoms with Crippen molar-refractivity contribution < 1.29 is 8.42 Å². The SMILES string of the molecule is CN(CC1CC(Br)C1)S(=O)(=O)c1ccc2c(c1)CCC2. The van der Waals surface area contributed by atoms with Gasteiger partial charge >= 0.3 is 0 Å². The highest BCUT2D eigenvalue weighted by molar-refractivity contribution is 9.09. The highest BCUT2D eigenvalue weighted by Crippen LogP contribution is 2.34. The van der Waals surface area contributed by atoms with Crippen molar-refractivity contribution in [2.24, 2.45) is 5.92 Å². The van der Waals surface area contributed by atoms with Crippen LogP contribution in [0.25, 0.3) is 0 Å². The molecule has 0 aromatic heterocycles. The zero-order valence-electron chi connectivity index (χ0n) is 11.7. The van der Waals surface area contributed by atoms with Crippen LogP contribution in [-0.4, -0.2) is 31.1 Å². The predicted molar refractivity (Wildman–Crippen MR) is 83.7 cm³/mol. The number of sulfonamides is 1. The van der Waals surface area contributed by atoms with Crippen LogP contribution < -0.4 is 0 Å². The lowest BCUT2D eigenvalue weighted by molar-refractivity contribution is 0.275. The smallest absolute Gasteiger partial charge is 0.207 e. The number of alkyl halides is 1. The maximum atomic E-state index is 12.6. The van der Waals surface area contributed by atoms with E-state index in [9.17, 15) is 8.42 Å². The summed E-state index contributed by atoms with van der Waals surface area (Å²) >= 11 is 3.55. The molecule has 0 atom stereocenters. The third-order valence-corrected chi connectivity index (χ3v) is 7.04. The fraction of sp³-hybridized carbons (Fsp3) is 0.600. The summed E-state index contributed by atoms with van der Waals surface area (Å²) in [6.07, 6.45) is 5.38. The molecule has 0 saturated heterocycles. The van der Waals surface area contributed by atoms with E-state index in [0.29, 0.717) is 22.2 Å². The van der Waals surface area contributed by atoms with Crippen LogP contribution in [-0.2, 0) is 22.9 Å². The van der Waals surface area contributed by atoms with Crippen molar-refractivity contribution in [1.29, 1.82) is 0 Å². The molecule has 1 fully saturated rings. The molecule has 3 rings (SSSR count). The van der Waals surface area contributed by atoms with E-state index >= 15 is 0 Å². The van der Waals surface area contributed by atoms with Crippen molar-refractivity contribution in [2.75, 3.05) is 13.6 Å². The molecule has 0 spiro atoms. The Morgan fingerprint density at radius 3 is 2.65 bits per heavy atom. The molecule has 1 saturated carbocycles. The molecule has 0 heterocycles. The van der Waals surface area contributed by atoms with E-state index in [2.05, 4.69) is 15.9 Å². The van der Waals surface area contributed by atoms with Crippen LogP contribution in [0.2, 0.25) is 0 Å². The second-order valence-electron chi connectivity index (χ2n) is 6.00. The Morgan fingerprint density at radius 2 is 1.95 bits per heavy atom. The van der Waals surface area contributed by atoms with Crippen molar-refractivity contribution in [3.05, 3.63) is 29.3 Å². The van der Waals surface area contributed by atoms with Gasteiger partial charge in [0, 0.05) is 18.4 Å². The number of aryl methyl sites for hydroxylation is 2. The van der Waals surface area contributed by atoms with E-state index in [0.717, 1.165) is 32.1 Å². The molecule has 2 aliphatic carbocycles. The van der Waals surface area contributed by atoms with Gasteiger partial charge in [-0.1, -0.05) is 22.0 Å². The molecule has 0 N–H and O–H groups in total. The van der Waals surface area contributed by atoms with Crippen molar-refractivity contribution in [3.63, 3.8) is 0 Å². The number of nitrogens with zero attached hydrogens (tertiary/aromatic N) is 1. The van der Waals surface area contributed by atoms with Crippen LogP contribution >= 0.6 is 15.9 Å². The second kappa shape index (κ2) is 5.43. The van der Waals surface area contributed by atoms with Crippen molar-refractivity contribution in [3.8, 4) is 0 Å². The fourth-order valence-electron chi connectivity index (χ4n) is 3.15. The average molecular weight is 358 g/mol. The van der Waals surface area contributed by atoms with Gasteiger partial charge in [0.25, 0.3) is 0 Å². The van der Waals surface area contributed by atoms with Crippen LogP contribution in [0.1, 0.15) is 30.4 Å². The van der Waals surface area contributed by atoms with Gasteiger partial charge in [-0.15, -0.1) is 0 Å². The van der Waals surface area contributed by atoms with Gasteiger partial charge in [-0.2, -0.15) is 0 Å². The molecule has 20 heavy (non-hydrogen) atoms. The first-order chi connectivity index (χ1) is 9.46. The lowest BCUT2D eigenvalue weighted by atomic mass is 9.85. The lowest BCUT2D eigenvalue weighted by Gasteiger charge is -2.34. The number of halogens is 1. The summed E-state index contributed by atoms with van der Waals surface area (Å²) in [6, 6.07) is 5.63. The first-order valence-electron chi connectivity index (χ1n) is 7.19. The van der Waals surface area contributed by atoms with E-state index in [1.165, 1.54) is 15.4 Å². The molecule has 1 aromatic carbocycles. The quantitative estimate of drug-likeness (QED) is 0.776. The predicted octanol–water partition coefficient (Wildman–Crippen LogP) is 2.97. The Kier molecular flexibility index (Phi) is 3.95. The second-order valence-corrected chi connectivity index (χ2v) is 9.34. The third kappa shape index (κ3) is 2.68. The number of hydrogen-bond acceptors (Lipinski definition) is 2. The first kappa shape index (κ1) is 14.5. The highest BCUT2D eigenvalue weighted by atomic mass is 79.9. The van der Waals surface area contributed by atoms with Crippen LogP contribution in [0, 0.1) is 5.92 Å². The maximum Gasteiger partial charge on any atom is 0.242 e. The van der Waals surface area contributed by atoms with E-state index in [4.69, 9.17) is 0 Å². The van der Waals surface area contributed by atoms with E-state index in [-0.39, 0.29) is 0 Å². The van der Waals surface area contributed by atoms with Gasteiger partial charge in [-0.25, -0.2) is 12.7 Å². The average Bonchev–Trinajstić information content (AvgIpc) is 2.83. The molecule has 110 valence electrons. The summed E-state index contributed by atoms with van der Waals surface area (Å²) in [4.78, 5) is 1.03. The van der Waals surface area contributed by atoms with Gasteiger partial charge in [-0.3, -0.25) is 0 Å². The monoisotopic (exact) mass is 357 g/mol. The van der Waals surface area contributed by atoms with E-state index in [1.54, 1.807) is 13.1 Å². The maximum absolute atomic E-state index is 12.6. The fourth-order valence-corrected chi connectivity index (χ4v) is 5.51. The van der Waals surface area contributed by atoms with Crippen molar-refractivity contribution in [1.82, 2.24) is 4.31 Å². The van der Waals surface area contributed by atoms with Gasteiger partial charge in [0.1, 0.15) is 0 Å². The zero-order valence-corrected chi connectivity index (χ0v) is 14.1. The molecular formula is C15H20BrNO2S. The lowest BCUT2D eigenvalue weighted by Crippen LogP contribution is -2.37. The number of hydrogen-bond donors (Lipinski definition) is 0. The van der Waals surface area contributed by atoms with Crippen molar-refractivity contribution >= 4 is 26.0 Å². The Balaban J connectivity index is 1.77. The largest absolute Gasteiger partial charge is 0.242 e. The molecule has 1 aromatic rings. The van der Waals surface area contributed by atoms with Gasteiger partial charge in [-0.05, 0) is 61.3 Å². The minimum Gasteiger partial charge on any atom is -0.207 e. The summed E-state index contributed by atoms with van der Waals surface area (Å²) < 4.78 is 26.7. The molecule has 0 bridgehead atoms. The van der Waals surface area contributed by atoms with Gasteiger partial charge < -0.3 is 0 Å². The highest BCUT2D eigenvalue weighted by Gasteiger charge is 2.31. The zero-order chi connectivity index (χ0) is 14.3. The standard InChI is InChI=1S/C15H20BrNO2S/c1-17(10-11-7-14(16)8-11)20(18,19)15-6-5-12-3-2-4-13(12)9-15/h5-6,9,11,14H,2-4,7-8,10H2,1H3. The van der Waals surface area contributed by atoms with Gasteiger partial charge in [0.2, 0.25) is 10.0 Å². The topological polar surface area (TPSA) is 37.4 Å². The normalized spacial score (nSPS) is 25.6. The Hall–Kier alpha value is -0.390. The van der Waals surface area contributed by atoms with Crippen LogP contribution in [0.15, 0.2) is 23.1 Å². The van der Waals surface area contributed by atoms with Gasteiger partial charge in [0.15, 0.2) is 0 Å². The van der Waals surface area contributed by atoms with Gasteiger partial charge in [0.05, 0.1) is 4.90 Å². The summed E-state index contributed by atoms with van der Waals surface area (Å²) in [5.41, 5.74) is 2.52. The Labute approximate surface area is 129 Å². The molecule has 0 amide bonds. The summed E-state index contributed by atoms with van der Waals surface area (Å²) in [6.45, 7) is 0.627. The van der Waals surface area contributed by atoms with Crippen molar-refractivity contribution in [2.45, 2.75) is 41.8 Å². The summed E-state index contributed by atoms with van der Waals surface area (Å²) in [5, 5.41) is 0. The number of fused-ring (bicyclic) bond motifs is 1. The van der Waals surface area contributed by atoms with Crippen LogP contribution in [0.3, 0.4) is 0 Å². The summed E-state index contributed by atoms with van der Waals surface area (Å²) in [7, 11) is -1.63. The Morgan fingerprint density at radius 1 is 1.25 bits per heavy atom.